The lowest BCUT2D eigenvalue weighted by atomic mass is 10.1. The highest BCUT2D eigenvalue weighted by Gasteiger charge is 2.07. The van der Waals surface area contributed by atoms with Gasteiger partial charge in [-0.3, -0.25) is 0 Å². The second kappa shape index (κ2) is 5.22. The monoisotopic (exact) mass is 257 g/mol. The van der Waals surface area contributed by atoms with Crippen molar-refractivity contribution in [3.05, 3.63) is 40.5 Å². The molecule has 0 saturated heterocycles. The third-order valence-electron chi connectivity index (χ3n) is 2.94. The van der Waals surface area contributed by atoms with Crippen LogP contribution in [0.1, 0.15) is 35.1 Å². The van der Waals surface area contributed by atoms with Crippen molar-refractivity contribution in [2.24, 2.45) is 5.10 Å². The minimum absolute atomic E-state index is 0.530. The molecule has 0 atom stereocenters. The minimum atomic E-state index is 0.530. The van der Waals surface area contributed by atoms with Gasteiger partial charge in [-0.05, 0) is 46.2 Å². The standard InChI is InChI=1S/C14H19N5/c1-8-7-15-11(4)13(8)12(5)18-19-14-16-9(2)6-10(3)17-14/h6-7,15H,1-5H3,(H,16,17,19)/b18-12+. The van der Waals surface area contributed by atoms with Crippen LogP contribution in [0.5, 0.6) is 0 Å². The number of aromatic nitrogens is 3. The van der Waals surface area contributed by atoms with E-state index < -0.39 is 0 Å². The van der Waals surface area contributed by atoms with E-state index in [4.69, 9.17) is 0 Å². The average molecular weight is 257 g/mol. The Morgan fingerprint density at radius 3 is 2.32 bits per heavy atom. The van der Waals surface area contributed by atoms with Gasteiger partial charge in [0.25, 0.3) is 0 Å². The number of H-pyrrole nitrogens is 1. The van der Waals surface area contributed by atoms with E-state index in [9.17, 15) is 0 Å². The number of hydrogen-bond donors (Lipinski definition) is 2. The first-order valence-electron chi connectivity index (χ1n) is 6.25. The van der Waals surface area contributed by atoms with Crippen LogP contribution in [-0.2, 0) is 0 Å². The van der Waals surface area contributed by atoms with Crippen molar-refractivity contribution in [3.8, 4) is 0 Å². The molecule has 0 aliphatic rings. The van der Waals surface area contributed by atoms with E-state index >= 15 is 0 Å². The first-order valence-corrected chi connectivity index (χ1v) is 6.25. The number of nitrogens with one attached hydrogen (secondary N) is 2. The molecule has 5 heteroatoms. The van der Waals surface area contributed by atoms with Crippen molar-refractivity contribution in [2.75, 3.05) is 5.43 Å². The molecule has 0 unspecified atom stereocenters. The van der Waals surface area contributed by atoms with Crippen LogP contribution in [0.15, 0.2) is 17.4 Å². The molecule has 2 aromatic heterocycles. The summed E-state index contributed by atoms with van der Waals surface area (Å²) < 4.78 is 0. The molecule has 0 aromatic carbocycles. The quantitative estimate of drug-likeness (QED) is 0.656. The lowest BCUT2D eigenvalue weighted by molar-refractivity contribution is 1.03. The van der Waals surface area contributed by atoms with Gasteiger partial charge in [-0.1, -0.05) is 0 Å². The summed E-state index contributed by atoms with van der Waals surface area (Å²) in [5.41, 5.74) is 9.12. The molecule has 0 aliphatic heterocycles. The first kappa shape index (κ1) is 13.3. The molecule has 19 heavy (non-hydrogen) atoms. The third kappa shape index (κ3) is 2.99. The van der Waals surface area contributed by atoms with Crippen LogP contribution in [0.2, 0.25) is 0 Å². The van der Waals surface area contributed by atoms with Crippen LogP contribution in [0.4, 0.5) is 5.95 Å². The predicted molar refractivity (Wildman–Crippen MR) is 77.6 cm³/mol. The largest absolute Gasteiger partial charge is 0.364 e. The Bertz CT molecular complexity index is 585. The molecule has 100 valence electrons. The maximum absolute atomic E-state index is 4.36. The molecular formula is C14H19N5. The van der Waals surface area contributed by atoms with Crippen LogP contribution in [0, 0.1) is 27.7 Å². The number of anilines is 1. The summed E-state index contributed by atoms with van der Waals surface area (Å²) in [5, 5.41) is 4.36. The molecule has 0 saturated carbocycles. The first-order chi connectivity index (χ1) is 8.97. The highest BCUT2D eigenvalue weighted by atomic mass is 15.4. The second-order valence-electron chi connectivity index (χ2n) is 4.76. The van der Waals surface area contributed by atoms with Crippen molar-refractivity contribution in [2.45, 2.75) is 34.6 Å². The molecule has 2 aromatic rings. The Morgan fingerprint density at radius 2 is 1.79 bits per heavy atom. The number of nitrogens with zero attached hydrogens (tertiary/aromatic N) is 3. The number of aryl methyl sites for hydroxylation is 4. The lowest BCUT2D eigenvalue weighted by Gasteiger charge is -2.05. The van der Waals surface area contributed by atoms with Gasteiger partial charge in [0.15, 0.2) is 0 Å². The topological polar surface area (TPSA) is 66.0 Å². The minimum Gasteiger partial charge on any atom is -0.364 e. The maximum Gasteiger partial charge on any atom is 0.243 e. The van der Waals surface area contributed by atoms with Gasteiger partial charge in [0.2, 0.25) is 5.95 Å². The molecule has 5 nitrogen and oxygen atoms in total. The Hall–Kier alpha value is -2.17. The van der Waals surface area contributed by atoms with Crippen molar-refractivity contribution < 1.29 is 0 Å². The van der Waals surface area contributed by atoms with E-state index in [1.165, 1.54) is 5.56 Å². The summed E-state index contributed by atoms with van der Waals surface area (Å²) in [6.07, 6.45) is 1.98. The van der Waals surface area contributed by atoms with Crippen LogP contribution >= 0.6 is 0 Å². The number of aromatic amines is 1. The molecule has 0 radical (unpaired) electrons. The Labute approximate surface area is 113 Å². The summed E-state index contributed by atoms with van der Waals surface area (Å²) in [4.78, 5) is 11.8. The zero-order valence-corrected chi connectivity index (χ0v) is 12.0. The van der Waals surface area contributed by atoms with Crippen molar-refractivity contribution in [3.63, 3.8) is 0 Å². The second-order valence-corrected chi connectivity index (χ2v) is 4.76. The maximum atomic E-state index is 4.36. The molecule has 0 spiro atoms. The van der Waals surface area contributed by atoms with Crippen LogP contribution in [0.3, 0.4) is 0 Å². The van der Waals surface area contributed by atoms with E-state index in [-0.39, 0.29) is 0 Å². The zero-order valence-electron chi connectivity index (χ0n) is 12.0. The van der Waals surface area contributed by atoms with Gasteiger partial charge >= 0.3 is 0 Å². The van der Waals surface area contributed by atoms with Gasteiger partial charge in [0.05, 0.1) is 5.71 Å². The zero-order chi connectivity index (χ0) is 14.0. The van der Waals surface area contributed by atoms with Gasteiger partial charge in [-0.2, -0.15) is 5.10 Å². The molecule has 0 amide bonds. The molecule has 2 rings (SSSR count). The summed E-state index contributed by atoms with van der Waals surface area (Å²) >= 11 is 0. The van der Waals surface area contributed by atoms with E-state index in [0.29, 0.717) is 5.95 Å². The van der Waals surface area contributed by atoms with Gasteiger partial charge < -0.3 is 4.98 Å². The van der Waals surface area contributed by atoms with Gasteiger partial charge in [-0.25, -0.2) is 15.4 Å². The normalized spacial score (nSPS) is 11.7. The molecule has 2 N–H and O–H groups in total. The van der Waals surface area contributed by atoms with Gasteiger partial charge in [0.1, 0.15) is 0 Å². The lowest BCUT2D eigenvalue weighted by Crippen LogP contribution is -2.05. The molecule has 0 bridgehead atoms. The highest BCUT2D eigenvalue weighted by Crippen LogP contribution is 2.13. The van der Waals surface area contributed by atoms with Crippen molar-refractivity contribution >= 4 is 11.7 Å². The van der Waals surface area contributed by atoms with Gasteiger partial charge in [-0.15, -0.1) is 0 Å². The third-order valence-corrected chi connectivity index (χ3v) is 2.94. The smallest absolute Gasteiger partial charge is 0.243 e. The van der Waals surface area contributed by atoms with E-state index in [1.54, 1.807) is 0 Å². The fourth-order valence-corrected chi connectivity index (χ4v) is 2.18. The summed E-state index contributed by atoms with van der Waals surface area (Å²) in [7, 11) is 0. The van der Waals surface area contributed by atoms with Crippen LogP contribution < -0.4 is 5.43 Å². The fourth-order valence-electron chi connectivity index (χ4n) is 2.18. The van der Waals surface area contributed by atoms with Crippen LogP contribution in [0.25, 0.3) is 0 Å². The average Bonchev–Trinajstić information content (AvgIpc) is 2.65. The number of rotatable bonds is 3. The Balaban J connectivity index is 2.23. The fraction of sp³-hybridized carbons (Fsp3) is 0.357. The Morgan fingerprint density at radius 1 is 1.16 bits per heavy atom. The summed E-state index contributed by atoms with van der Waals surface area (Å²) in [6, 6.07) is 1.93. The van der Waals surface area contributed by atoms with Crippen molar-refractivity contribution in [1.29, 1.82) is 0 Å². The number of hydrazone groups is 1. The van der Waals surface area contributed by atoms with Crippen molar-refractivity contribution in [1.82, 2.24) is 15.0 Å². The molecule has 0 fully saturated rings. The highest BCUT2D eigenvalue weighted by molar-refractivity contribution is 6.01. The van der Waals surface area contributed by atoms with E-state index in [1.807, 2.05) is 40.0 Å². The SMILES string of the molecule is C/C(=N\Nc1nc(C)cc(C)n1)c1c(C)c[nH]c1C. The van der Waals surface area contributed by atoms with E-state index in [2.05, 4.69) is 32.4 Å². The number of hydrogen-bond acceptors (Lipinski definition) is 4. The summed E-state index contributed by atoms with van der Waals surface area (Å²) in [5.74, 6) is 0.530. The summed E-state index contributed by atoms with van der Waals surface area (Å²) in [6.45, 7) is 9.95. The molecular weight excluding hydrogens is 238 g/mol. The Kier molecular flexibility index (Phi) is 3.64. The van der Waals surface area contributed by atoms with E-state index in [0.717, 1.165) is 28.4 Å². The predicted octanol–water partition coefficient (Wildman–Crippen LogP) is 2.87. The van der Waals surface area contributed by atoms with Gasteiger partial charge in [0, 0.05) is 28.8 Å². The van der Waals surface area contributed by atoms with Crippen LogP contribution in [-0.4, -0.2) is 20.7 Å². The molecule has 0 aliphatic carbocycles. The molecule has 2 heterocycles.